The van der Waals surface area contributed by atoms with Gasteiger partial charge in [-0.25, -0.2) is 0 Å². The molecule has 2 N–H and O–H groups in total. The lowest BCUT2D eigenvalue weighted by Gasteiger charge is -2.12. The first-order valence-electron chi connectivity index (χ1n) is 6.90. The summed E-state index contributed by atoms with van der Waals surface area (Å²) < 4.78 is 10.7. The van der Waals surface area contributed by atoms with Crippen molar-refractivity contribution in [3.63, 3.8) is 0 Å². The Bertz CT molecular complexity index is 433. The third kappa shape index (κ3) is 5.48. The summed E-state index contributed by atoms with van der Waals surface area (Å²) in [5, 5.41) is 6.06. The normalized spacial score (nSPS) is 10.4. The molecule has 0 aliphatic heterocycles. The topological polar surface area (TPSA) is 59.6 Å². The largest absolute Gasteiger partial charge is 0.493 e. The Hall–Kier alpha value is -1.75. The lowest BCUT2D eigenvalue weighted by Crippen LogP contribution is -2.27. The summed E-state index contributed by atoms with van der Waals surface area (Å²) in [6, 6.07) is 5.74. The van der Waals surface area contributed by atoms with E-state index in [0.29, 0.717) is 42.8 Å². The van der Waals surface area contributed by atoms with E-state index in [1.54, 1.807) is 25.3 Å². The van der Waals surface area contributed by atoms with Crippen molar-refractivity contribution in [3.8, 4) is 11.5 Å². The Morgan fingerprint density at radius 2 is 2.05 bits per heavy atom. The van der Waals surface area contributed by atoms with Crippen LogP contribution in [0, 0.1) is 0 Å². The zero-order valence-electron chi connectivity index (χ0n) is 12.7. The first-order chi connectivity index (χ1) is 9.56. The van der Waals surface area contributed by atoms with Crippen molar-refractivity contribution in [2.24, 2.45) is 0 Å². The number of methoxy groups -OCH3 is 1. The number of nitrogens with one attached hydrogen (secondary N) is 2. The Morgan fingerprint density at radius 1 is 1.30 bits per heavy atom. The van der Waals surface area contributed by atoms with E-state index in [2.05, 4.69) is 24.5 Å². The number of amides is 1. The van der Waals surface area contributed by atoms with Gasteiger partial charge in [0.25, 0.3) is 0 Å². The molecule has 112 valence electrons. The summed E-state index contributed by atoms with van der Waals surface area (Å²) in [5.74, 6) is 1.27. The van der Waals surface area contributed by atoms with Gasteiger partial charge in [0, 0.05) is 30.8 Å². The molecule has 0 radical (unpaired) electrons. The smallest absolute Gasteiger partial charge is 0.225 e. The molecule has 0 saturated heterocycles. The highest BCUT2D eigenvalue weighted by molar-refractivity contribution is 5.91. The zero-order valence-corrected chi connectivity index (χ0v) is 12.7. The fourth-order valence-corrected chi connectivity index (χ4v) is 1.72. The Balaban J connectivity index is 2.58. The third-order valence-corrected chi connectivity index (χ3v) is 2.65. The molecule has 0 saturated carbocycles. The van der Waals surface area contributed by atoms with Crippen LogP contribution in [0.1, 0.15) is 27.2 Å². The van der Waals surface area contributed by atoms with E-state index in [4.69, 9.17) is 9.47 Å². The van der Waals surface area contributed by atoms with Gasteiger partial charge in [-0.1, -0.05) is 13.8 Å². The van der Waals surface area contributed by atoms with Gasteiger partial charge in [0.2, 0.25) is 5.91 Å². The summed E-state index contributed by atoms with van der Waals surface area (Å²) >= 11 is 0. The summed E-state index contributed by atoms with van der Waals surface area (Å²) in [7, 11) is 1.59. The SMILES string of the molecule is CCOc1cc(NC(=O)CCNC(C)C)ccc1OC. The molecule has 1 amide bonds. The molecule has 1 rings (SSSR count). The van der Waals surface area contributed by atoms with Gasteiger partial charge >= 0.3 is 0 Å². The maximum atomic E-state index is 11.8. The summed E-state index contributed by atoms with van der Waals surface area (Å²) in [4.78, 5) is 11.8. The van der Waals surface area contributed by atoms with E-state index in [1.807, 2.05) is 6.92 Å². The van der Waals surface area contributed by atoms with Crippen molar-refractivity contribution in [1.82, 2.24) is 5.32 Å². The number of rotatable bonds is 8. The molecule has 0 unspecified atom stereocenters. The van der Waals surface area contributed by atoms with Gasteiger partial charge in [0.05, 0.1) is 13.7 Å². The van der Waals surface area contributed by atoms with Crippen LogP contribution in [0.4, 0.5) is 5.69 Å². The predicted octanol–water partition coefficient (Wildman–Crippen LogP) is 2.42. The first kappa shape index (κ1) is 16.3. The van der Waals surface area contributed by atoms with Crippen LogP contribution >= 0.6 is 0 Å². The van der Waals surface area contributed by atoms with Gasteiger partial charge in [-0.05, 0) is 19.1 Å². The second-order valence-electron chi connectivity index (χ2n) is 4.71. The molecule has 5 nitrogen and oxygen atoms in total. The molecule has 0 aromatic heterocycles. The van der Waals surface area contributed by atoms with Crippen LogP contribution in [0.3, 0.4) is 0 Å². The van der Waals surface area contributed by atoms with E-state index in [1.165, 1.54) is 0 Å². The van der Waals surface area contributed by atoms with E-state index in [-0.39, 0.29) is 5.91 Å². The number of hydrogen-bond acceptors (Lipinski definition) is 4. The summed E-state index contributed by atoms with van der Waals surface area (Å²) in [6.07, 6.45) is 0.439. The second kappa shape index (κ2) is 8.43. The Morgan fingerprint density at radius 3 is 2.65 bits per heavy atom. The van der Waals surface area contributed by atoms with Gasteiger partial charge in [-0.2, -0.15) is 0 Å². The highest BCUT2D eigenvalue weighted by Gasteiger charge is 2.08. The van der Waals surface area contributed by atoms with E-state index in [0.717, 1.165) is 0 Å². The Kier molecular flexibility index (Phi) is 6.87. The van der Waals surface area contributed by atoms with Gasteiger partial charge in [0.1, 0.15) is 0 Å². The number of carbonyl (C=O) groups is 1. The molecule has 0 aliphatic rings. The maximum Gasteiger partial charge on any atom is 0.225 e. The molecule has 0 spiro atoms. The molecular formula is C15H24N2O3. The minimum atomic E-state index is -0.0224. The van der Waals surface area contributed by atoms with Crippen LogP contribution < -0.4 is 20.1 Å². The molecule has 0 fully saturated rings. The standard InChI is InChI=1S/C15H24N2O3/c1-5-20-14-10-12(6-7-13(14)19-4)17-15(18)8-9-16-11(2)3/h6-7,10-11,16H,5,8-9H2,1-4H3,(H,17,18). The highest BCUT2D eigenvalue weighted by Crippen LogP contribution is 2.30. The zero-order chi connectivity index (χ0) is 15.0. The van der Waals surface area contributed by atoms with Gasteiger partial charge < -0.3 is 20.1 Å². The maximum absolute atomic E-state index is 11.8. The average Bonchev–Trinajstić information content (AvgIpc) is 2.39. The van der Waals surface area contributed by atoms with Crippen LogP contribution in [0.2, 0.25) is 0 Å². The van der Waals surface area contributed by atoms with E-state index in [9.17, 15) is 4.79 Å². The number of ether oxygens (including phenoxy) is 2. The number of benzene rings is 1. The molecule has 1 aromatic carbocycles. The van der Waals surface area contributed by atoms with Crippen molar-refractivity contribution in [2.75, 3.05) is 25.6 Å². The van der Waals surface area contributed by atoms with Gasteiger partial charge in [-0.3, -0.25) is 4.79 Å². The number of hydrogen-bond donors (Lipinski definition) is 2. The van der Waals surface area contributed by atoms with Crippen LogP contribution in [-0.4, -0.2) is 32.2 Å². The van der Waals surface area contributed by atoms with Crippen molar-refractivity contribution in [2.45, 2.75) is 33.2 Å². The fourth-order valence-electron chi connectivity index (χ4n) is 1.72. The molecule has 5 heteroatoms. The second-order valence-corrected chi connectivity index (χ2v) is 4.71. The lowest BCUT2D eigenvalue weighted by molar-refractivity contribution is -0.116. The molecule has 0 bridgehead atoms. The molecule has 20 heavy (non-hydrogen) atoms. The number of carbonyl (C=O) groups excluding carboxylic acids is 1. The third-order valence-electron chi connectivity index (χ3n) is 2.65. The van der Waals surface area contributed by atoms with Crippen LogP contribution in [-0.2, 0) is 4.79 Å². The van der Waals surface area contributed by atoms with Crippen molar-refractivity contribution in [3.05, 3.63) is 18.2 Å². The first-order valence-corrected chi connectivity index (χ1v) is 6.90. The highest BCUT2D eigenvalue weighted by atomic mass is 16.5. The van der Waals surface area contributed by atoms with Gasteiger partial charge in [0.15, 0.2) is 11.5 Å². The predicted molar refractivity (Wildman–Crippen MR) is 80.5 cm³/mol. The van der Waals surface area contributed by atoms with Crippen molar-refractivity contribution < 1.29 is 14.3 Å². The average molecular weight is 280 g/mol. The quantitative estimate of drug-likeness (QED) is 0.768. The van der Waals surface area contributed by atoms with Crippen LogP contribution in [0.5, 0.6) is 11.5 Å². The fraction of sp³-hybridized carbons (Fsp3) is 0.533. The molecule has 0 aliphatic carbocycles. The summed E-state index contributed by atoms with van der Waals surface area (Å²) in [5.41, 5.74) is 0.712. The van der Waals surface area contributed by atoms with Crippen LogP contribution in [0.25, 0.3) is 0 Å². The van der Waals surface area contributed by atoms with E-state index < -0.39 is 0 Å². The monoisotopic (exact) mass is 280 g/mol. The van der Waals surface area contributed by atoms with Crippen LogP contribution in [0.15, 0.2) is 18.2 Å². The molecule has 1 aromatic rings. The molecular weight excluding hydrogens is 256 g/mol. The number of anilines is 1. The molecule has 0 atom stereocenters. The Labute approximate surface area is 120 Å². The molecule has 0 heterocycles. The summed E-state index contributed by atoms with van der Waals surface area (Å²) in [6.45, 7) is 7.22. The van der Waals surface area contributed by atoms with Crippen molar-refractivity contribution in [1.29, 1.82) is 0 Å². The lowest BCUT2D eigenvalue weighted by atomic mass is 10.2. The minimum Gasteiger partial charge on any atom is -0.493 e. The van der Waals surface area contributed by atoms with E-state index >= 15 is 0 Å². The van der Waals surface area contributed by atoms with Gasteiger partial charge in [-0.15, -0.1) is 0 Å². The minimum absolute atomic E-state index is 0.0224. The van der Waals surface area contributed by atoms with Crippen molar-refractivity contribution >= 4 is 11.6 Å².